The molecule has 0 saturated carbocycles. The van der Waals surface area contributed by atoms with Crippen molar-refractivity contribution >= 4 is 17.5 Å². The molecule has 1 aromatic heterocycles. The highest BCUT2D eigenvalue weighted by molar-refractivity contribution is 6.03. The van der Waals surface area contributed by atoms with Crippen LogP contribution in [0.5, 0.6) is 0 Å². The molecule has 0 radical (unpaired) electrons. The summed E-state index contributed by atoms with van der Waals surface area (Å²) in [7, 11) is 0. The minimum absolute atomic E-state index is 0.110. The molecule has 2 aromatic rings. The minimum atomic E-state index is -0.511. The van der Waals surface area contributed by atoms with Crippen LogP contribution < -0.4 is 10.2 Å². The van der Waals surface area contributed by atoms with Gasteiger partial charge in [-0.2, -0.15) is 0 Å². The van der Waals surface area contributed by atoms with Crippen LogP contribution in [0.1, 0.15) is 10.5 Å². The fraction of sp³-hybridized carbons (Fsp3) is 0.286. The molecule has 2 heterocycles. The molecule has 1 aromatic carbocycles. The van der Waals surface area contributed by atoms with E-state index in [1.165, 1.54) is 12.1 Å². The molecule has 1 aliphatic heterocycles. The number of morpholine rings is 1. The van der Waals surface area contributed by atoms with Gasteiger partial charge >= 0.3 is 0 Å². The van der Waals surface area contributed by atoms with Gasteiger partial charge in [-0.1, -0.05) is 17.3 Å². The number of hydrogen-bond donors (Lipinski definition) is 1. The lowest BCUT2D eigenvalue weighted by atomic mass is 10.3. The smallest absolute Gasteiger partial charge is 0.278 e. The average Bonchev–Trinajstić information content (AvgIpc) is 3.00. The lowest BCUT2D eigenvalue weighted by molar-refractivity contribution is 0.101. The Labute approximate surface area is 120 Å². The Morgan fingerprint density at radius 1 is 1.29 bits per heavy atom. The van der Waals surface area contributed by atoms with Gasteiger partial charge in [0.2, 0.25) is 5.88 Å². The molecule has 0 atom stereocenters. The Hall–Kier alpha value is -2.41. The third kappa shape index (κ3) is 3.03. The molecule has 0 spiro atoms. The zero-order valence-electron chi connectivity index (χ0n) is 11.2. The van der Waals surface area contributed by atoms with E-state index in [2.05, 4.69) is 10.5 Å². The summed E-state index contributed by atoms with van der Waals surface area (Å²) >= 11 is 0. The van der Waals surface area contributed by atoms with Crippen molar-refractivity contribution in [3.05, 3.63) is 41.8 Å². The van der Waals surface area contributed by atoms with Crippen molar-refractivity contribution in [2.75, 3.05) is 36.5 Å². The van der Waals surface area contributed by atoms with E-state index in [9.17, 15) is 9.18 Å². The van der Waals surface area contributed by atoms with Crippen LogP contribution in [-0.2, 0) is 4.74 Å². The molecule has 1 amide bonds. The van der Waals surface area contributed by atoms with E-state index in [1.807, 2.05) is 4.90 Å². The Morgan fingerprint density at radius 2 is 2.05 bits per heavy atom. The van der Waals surface area contributed by atoms with Gasteiger partial charge in [-0.25, -0.2) is 4.39 Å². The topological polar surface area (TPSA) is 67.6 Å². The quantitative estimate of drug-likeness (QED) is 0.935. The second-order valence-corrected chi connectivity index (χ2v) is 4.58. The fourth-order valence-electron chi connectivity index (χ4n) is 2.05. The van der Waals surface area contributed by atoms with Crippen LogP contribution in [0.15, 0.2) is 34.9 Å². The van der Waals surface area contributed by atoms with Gasteiger partial charge in [-0.15, -0.1) is 0 Å². The predicted molar refractivity (Wildman–Crippen MR) is 73.9 cm³/mol. The predicted octanol–water partition coefficient (Wildman–Crippen LogP) is 1.90. The third-order valence-electron chi connectivity index (χ3n) is 3.18. The SMILES string of the molecule is O=C(Nc1ccccc1F)c1cc(N2CCOCC2)on1. The summed E-state index contributed by atoms with van der Waals surface area (Å²) in [5.74, 6) is -0.497. The molecular formula is C14H14FN3O3. The van der Waals surface area contributed by atoms with Crippen LogP contribution in [0.3, 0.4) is 0 Å². The molecule has 3 rings (SSSR count). The summed E-state index contributed by atoms with van der Waals surface area (Å²) in [5, 5.41) is 6.19. The Bertz CT molecular complexity index is 638. The maximum Gasteiger partial charge on any atom is 0.278 e. The lowest BCUT2D eigenvalue weighted by Gasteiger charge is -2.25. The molecule has 1 fully saturated rings. The molecule has 0 aliphatic carbocycles. The van der Waals surface area contributed by atoms with Crippen molar-refractivity contribution in [2.24, 2.45) is 0 Å². The van der Waals surface area contributed by atoms with Crippen molar-refractivity contribution < 1.29 is 18.4 Å². The van der Waals surface area contributed by atoms with E-state index in [1.54, 1.807) is 18.2 Å². The maximum atomic E-state index is 13.5. The summed E-state index contributed by atoms with van der Waals surface area (Å²) in [6.45, 7) is 2.59. The second kappa shape index (κ2) is 5.92. The number of carbonyl (C=O) groups is 1. The number of para-hydroxylation sites is 1. The summed E-state index contributed by atoms with van der Waals surface area (Å²) in [4.78, 5) is 14.0. The number of hydrogen-bond acceptors (Lipinski definition) is 5. The van der Waals surface area contributed by atoms with Gasteiger partial charge in [0, 0.05) is 19.2 Å². The van der Waals surface area contributed by atoms with Gasteiger partial charge < -0.3 is 19.5 Å². The van der Waals surface area contributed by atoms with Gasteiger partial charge in [0.25, 0.3) is 5.91 Å². The molecule has 1 N–H and O–H groups in total. The van der Waals surface area contributed by atoms with E-state index in [0.717, 1.165) is 0 Å². The monoisotopic (exact) mass is 291 g/mol. The number of ether oxygens (including phenoxy) is 1. The molecule has 110 valence electrons. The number of halogens is 1. The summed E-state index contributed by atoms with van der Waals surface area (Å²) in [6, 6.07) is 7.49. The number of benzene rings is 1. The number of nitrogens with zero attached hydrogens (tertiary/aromatic N) is 2. The zero-order chi connectivity index (χ0) is 14.7. The number of amides is 1. The van der Waals surface area contributed by atoms with E-state index in [0.29, 0.717) is 32.2 Å². The van der Waals surface area contributed by atoms with E-state index in [-0.39, 0.29) is 11.4 Å². The summed E-state index contributed by atoms with van der Waals surface area (Å²) in [6.07, 6.45) is 0. The second-order valence-electron chi connectivity index (χ2n) is 4.58. The van der Waals surface area contributed by atoms with Crippen molar-refractivity contribution in [1.29, 1.82) is 0 Å². The first kappa shape index (κ1) is 13.6. The van der Waals surface area contributed by atoms with E-state index >= 15 is 0 Å². The van der Waals surface area contributed by atoms with Gasteiger partial charge in [-0.3, -0.25) is 4.79 Å². The van der Waals surface area contributed by atoms with Crippen molar-refractivity contribution in [1.82, 2.24) is 5.16 Å². The van der Waals surface area contributed by atoms with Crippen LogP contribution >= 0.6 is 0 Å². The van der Waals surface area contributed by atoms with Crippen molar-refractivity contribution in [3.8, 4) is 0 Å². The number of aromatic nitrogens is 1. The largest absolute Gasteiger partial charge is 0.378 e. The Balaban J connectivity index is 1.71. The Morgan fingerprint density at radius 3 is 2.81 bits per heavy atom. The van der Waals surface area contributed by atoms with Crippen molar-refractivity contribution in [2.45, 2.75) is 0 Å². The van der Waals surface area contributed by atoms with Gasteiger partial charge in [0.15, 0.2) is 5.69 Å². The number of carbonyl (C=O) groups excluding carboxylic acids is 1. The maximum absolute atomic E-state index is 13.5. The molecule has 7 heteroatoms. The zero-order valence-corrected chi connectivity index (χ0v) is 11.2. The summed E-state index contributed by atoms with van der Waals surface area (Å²) in [5.41, 5.74) is 0.221. The van der Waals surface area contributed by atoms with Gasteiger partial charge in [-0.05, 0) is 12.1 Å². The molecule has 21 heavy (non-hydrogen) atoms. The highest BCUT2D eigenvalue weighted by atomic mass is 19.1. The van der Waals surface area contributed by atoms with Crippen molar-refractivity contribution in [3.63, 3.8) is 0 Å². The van der Waals surface area contributed by atoms with E-state index < -0.39 is 11.7 Å². The van der Waals surface area contributed by atoms with Crippen LogP contribution in [0.2, 0.25) is 0 Å². The van der Waals surface area contributed by atoms with Crippen LogP contribution in [0.25, 0.3) is 0 Å². The third-order valence-corrected chi connectivity index (χ3v) is 3.18. The highest BCUT2D eigenvalue weighted by Gasteiger charge is 2.19. The number of nitrogens with one attached hydrogen (secondary N) is 1. The molecule has 0 bridgehead atoms. The first-order chi connectivity index (χ1) is 10.2. The average molecular weight is 291 g/mol. The number of rotatable bonds is 3. The highest BCUT2D eigenvalue weighted by Crippen LogP contribution is 2.19. The molecule has 6 nitrogen and oxygen atoms in total. The number of anilines is 2. The fourth-order valence-corrected chi connectivity index (χ4v) is 2.05. The standard InChI is InChI=1S/C14H14FN3O3/c15-10-3-1-2-4-11(10)16-14(19)12-9-13(21-17-12)18-5-7-20-8-6-18/h1-4,9H,5-8H2,(H,16,19). The first-order valence-corrected chi connectivity index (χ1v) is 6.59. The van der Waals surface area contributed by atoms with Crippen LogP contribution in [0.4, 0.5) is 16.0 Å². The van der Waals surface area contributed by atoms with E-state index in [4.69, 9.17) is 9.26 Å². The first-order valence-electron chi connectivity index (χ1n) is 6.59. The van der Waals surface area contributed by atoms with Crippen LogP contribution in [-0.4, -0.2) is 37.4 Å². The molecule has 1 aliphatic rings. The van der Waals surface area contributed by atoms with Crippen LogP contribution in [0, 0.1) is 5.82 Å². The Kier molecular flexibility index (Phi) is 3.83. The molecule has 1 saturated heterocycles. The molecular weight excluding hydrogens is 277 g/mol. The molecule has 0 unspecified atom stereocenters. The normalized spacial score (nSPS) is 15.0. The van der Waals surface area contributed by atoms with Gasteiger partial charge in [0.1, 0.15) is 5.82 Å². The lowest BCUT2D eigenvalue weighted by Crippen LogP contribution is -2.35. The minimum Gasteiger partial charge on any atom is -0.378 e. The van der Waals surface area contributed by atoms with Gasteiger partial charge in [0.05, 0.1) is 18.9 Å². The summed E-state index contributed by atoms with van der Waals surface area (Å²) < 4.78 is 23.9.